The summed E-state index contributed by atoms with van der Waals surface area (Å²) in [6, 6.07) is 3.86. The lowest BCUT2D eigenvalue weighted by atomic mass is 10.0. The quantitative estimate of drug-likeness (QED) is 0.741. The summed E-state index contributed by atoms with van der Waals surface area (Å²) in [5.41, 5.74) is 0.291. The second-order valence-corrected chi connectivity index (χ2v) is 5.54. The summed E-state index contributed by atoms with van der Waals surface area (Å²) in [5, 5.41) is 11.7. The van der Waals surface area contributed by atoms with Gasteiger partial charge in [-0.05, 0) is 19.4 Å². The molecule has 0 aliphatic rings. The number of nitrogens with one attached hydrogen (secondary N) is 2. The van der Waals surface area contributed by atoms with E-state index in [4.69, 9.17) is 0 Å². The van der Waals surface area contributed by atoms with Gasteiger partial charge in [0.1, 0.15) is 5.56 Å². The standard InChI is InChI=1S/C16H17N3O5/c1-8-4-9(2)6-10(5-8)12(15(22)23)18-13(20)11-7-17-16(24)19(3)14(11)21/h4-7,12H,1-3H3,(H,17,24)(H,18,20)(H,22,23). The van der Waals surface area contributed by atoms with Crippen molar-refractivity contribution in [1.29, 1.82) is 0 Å². The highest BCUT2D eigenvalue weighted by atomic mass is 16.4. The van der Waals surface area contributed by atoms with Crippen LogP contribution in [0.15, 0.2) is 34.0 Å². The van der Waals surface area contributed by atoms with Crippen molar-refractivity contribution in [3.05, 3.63) is 67.5 Å². The topological polar surface area (TPSA) is 121 Å². The van der Waals surface area contributed by atoms with E-state index in [2.05, 4.69) is 10.3 Å². The maximum absolute atomic E-state index is 12.3. The summed E-state index contributed by atoms with van der Waals surface area (Å²) >= 11 is 0. The summed E-state index contributed by atoms with van der Waals surface area (Å²) in [6.45, 7) is 3.63. The first-order valence-corrected chi connectivity index (χ1v) is 7.11. The molecule has 2 rings (SSSR count). The van der Waals surface area contributed by atoms with Crippen LogP contribution in [0, 0.1) is 13.8 Å². The number of hydrogen-bond donors (Lipinski definition) is 3. The molecule has 1 amide bonds. The Bertz CT molecular complexity index is 906. The molecule has 0 fully saturated rings. The lowest BCUT2D eigenvalue weighted by Crippen LogP contribution is -2.41. The van der Waals surface area contributed by atoms with Crippen molar-refractivity contribution in [2.75, 3.05) is 0 Å². The number of benzene rings is 1. The molecule has 0 saturated heterocycles. The lowest BCUT2D eigenvalue weighted by molar-refractivity contribution is -0.139. The second kappa shape index (κ2) is 6.53. The van der Waals surface area contributed by atoms with Crippen LogP contribution in [-0.4, -0.2) is 26.5 Å². The van der Waals surface area contributed by atoms with Crippen molar-refractivity contribution in [2.45, 2.75) is 19.9 Å². The van der Waals surface area contributed by atoms with E-state index in [0.717, 1.165) is 21.9 Å². The predicted octanol–water partition coefficient (Wildman–Crippen LogP) is 0.246. The molecule has 0 aliphatic heterocycles. The Hall–Kier alpha value is -3.16. The van der Waals surface area contributed by atoms with Gasteiger partial charge in [-0.15, -0.1) is 0 Å². The van der Waals surface area contributed by atoms with Gasteiger partial charge in [-0.2, -0.15) is 0 Å². The van der Waals surface area contributed by atoms with E-state index in [1.54, 1.807) is 12.1 Å². The monoisotopic (exact) mass is 331 g/mol. The summed E-state index contributed by atoms with van der Waals surface area (Å²) in [4.78, 5) is 49.4. The fourth-order valence-electron chi connectivity index (χ4n) is 2.40. The molecule has 24 heavy (non-hydrogen) atoms. The molecule has 126 valence electrons. The van der Waals surface area contributed by atoms with Crippen LogP contribution in [0.1, 0.15) is 33.1 Å². The molecule has 0 radical (unpaired) electrons. The van der Waals surface area contributed by atoms with E-state index in [1.165, 1.54) is 7.05 Å². The zero-order valence-electron chi connectivity index (χ0n) is 13.4. The highest BCUT2D eigenvalue weighted by Crippen LogP contribution is 2.17. The number of aromatic nitrogens is 2. The normalized spacial score (nSPS) is 11.8. The molecule has 1 aromatic carbocycles. The fraction of sp³-hybridized carbons (Fsp3) is 0.250. The molecule has 0 saturated carbocycles. The number of carbonyl (C=O) groups excluding carboxylic acids is 1. The molecule has 1 aromatic heterocycles. The van der Waals surface area contributed by atoms with Crippen LogP contribution in [-0.2, 0) is 11.8 Å². The average Bonchev–Trinajstić information content (AvgIpc) is 2.48. The first-order valence-electron chi connectivity index (χ1n) is 7.11. The van der Waals surface area contributed by atoms with Crippen LogP contribution in [0.3, 0.4) is 0 Å². The van der Waals surface area contributed by atoms with E-state index < -0.39 is 29.2 Å². The van der Waals surface area contributed by atoms with Crippen molar-refractivity contribution < 1.29 is 14.7 Å². The number of H-pyrrole nitrogens is 1. The smallest absolute Gasteiger partial charge is 0.330 e. The number of amides is 1. The van der Waals surface area contributed by atoms with Crippen molar-refractivity contribution in [3.8, 4) is 0 Å². The third kappa shape index (κ3) is 3.43. The van der Waals surface area contributed by atoms with Gasteiger partial charge < -0.3 is 15.4 Å². The molecule has 0 spiro atoms. The zero-order valence-corrected chi connectivity index (χ0v) is 13.4. The van der Waals surface area contributed by atoms with Gasteiger partial charge in [0, 0.05) is 13.2 Å². The second-order valence-electron chi connectivity index (χ2n) is 5.54. The fourth-order valence-corrected chi connectivity index (χ4v) is 2.40. The Morgan fingerprint density at radius 3 is 2.29 bits per heavy atom. The highest BCUT2D eigenvalue weighted by molar-refractivity contribution is 5.96. The van der Waals surface area contributed by atoms with E-state index in [-0.39, 0.29) is 5.56 Å². The summed E-state index contributed by atoms with van der Waals surface area (Å²) < 4.78 is 0.738. The molecular weight excluding hydrogens is 314 g/mol. The van der Waals surface area contributed by atoms with Gasteiger partial charge in [0.25, 0.3) is 11.5 Å². The minimum absolute atomic E-state index is 0.340. The maximum atomic E-state index is 12.3. The summed E-state index contributed by atoms with van der Waals surface area (Å²) in [6.07, 6.45) is 0.973. The third-order valence-corrected chi connectivity index (χ3v) is 3.52. The average molecular weight is 331 g/mol. The molecule has 0 aliphatic carbocycles. The number of aryl methyl sites for hydroxylation is 2. The van der Waals surface area contributed by atoms with Gasteiger partial charge >= 0.3 is 11.7 Å². The van der Waals surface area contributed by atoms with Crippen LogP contribution in [0.4, 0.5) is 0 Å². The number of aromatic amines is 1. The van der Waals surface area contributed by atoms with Crippen molar-refractivity contribution in [3.63, 3.8) is 0 Å². The Morgan fingerprint density at radius 1 is 1.17 bits per heavy atom. The van der Waals surface area contributed by atoms with Crippen LogP contribution in [0.5, 0.6) is 0 Å². The zero-order chi connectivity index (χ0) is 18.0. The molecule has 0 bridgehead atoms. The largest absolute Gasteiger partial charge is 0.479 e. The minimum Gasteiger partial charge on any atom is -0.479 e. The van der Waals surface area contributed by atoms with Crippen molar-refractivity contribution >= 4 is 11.9 Å². The van der Waals surface area contributed by atoms with Gasteiger partial charge in [0.2, 0.25) is 0 Å². The van der Waals surface area contributed by atoms with Gasteiger partial charge in [0.05, 0.1) is 0 Å². The molecule has 8 heteroatoms. The van der Waals surface area contributed by atoms with E-state index in [0.29, 0.717) is 5.56 Å². The Kier molecular flexibility index (Phi) is 4.68. The maximum Gasteiger partial charge on any atom is 0.330 e. The molecule has 8 nitrogen and oxygen atoms in total. The van der Waals surface area contributed by atoms with Crippen LogP contribution in [0.2, 0.25) is 0 Å². The minimum atomic E-state index is -1.31. The third-order valence-electron chi connectivity index (χ3n) is 3.52. The first-order chi connectivity index (χ1) is 11.2. The molecular formula is C16H17N3O5. The molecule has 2 aromatic rings. The van der Waals surface area contributed by atoms with Crippen LogP contribution in [0.25, 0.3) is 0 Å². The number of carboxylic acid groups (broad SMARTS) is 1. The van der Waals surface area contributed by atoms with Gasteiger partial charge in [-0.25, -0.2) is 9.59 Å². The van der Waals surface area contributed by atoms with Crippen LogP contribution < -0.4 is 16.6 Å². The Labute approximate surface area is 136 Å². The van der Waals surface area contributed by atoms with Gasteiger partial charge in [-0.3, -0.25) is 14.2 Å². The van der Waals surface area contributed by atoms with E-state index in [1.807, 2.05) is 19.9 Å². The van der Waals surface area contributed by atoms with Crippen LogP contribution >= 0.6 is 0 Å². The summed E-state index contributed by atoms with van der Waals surface area (Å²) in [5.74, 6) is -2.13. The Morgan fingerprint density at radius 2 is 1.75 bits per heavy atom. The van der Waals surface area contributed by atoms with E-state index in [9.17, 15) is 24.3 Å². The van der Waals surface area contributed by atoms with Crippen molar-refractivity contribution in [2.24, 2.45) is 7.05 Å². The number of nitrogens with zero attached hydrogens (tertiary/aromatic N) is 1. The number of carboxylic acids is 1. The number of carbonyl (C=O) groups is 2. The first kappa shape index (κ1) is 17.2. The lowest BCUT2D eigenvalue weighted by Gasteiger charge is -2.16. The van der Waals surface area contributed by atoms with Crippen molar-refractivity contribution in [1.82, 2.24) is 14.9 Å². The predicted molar refractivity (Wildman–Crippen MR) is 86.1 cm³/mol. The van der Waals surface area contributed by atoms with E-state index >= 15 is 0 Å². The molecule has 1 unspecified atom stereocenters. The molecule has 1 heterocycles. The number of aliphatic carboxylic acids is 1. The SMILES string of the molecule is Cc1cc(C)cc(C(NC(=O)c2c[nH]c(=O)n(C)c2=O)C(=O)O)c1. The molecule has 1 atom stereocenters. The number of hydrogen-bond acceptors (Lipinski definition) is 4. The Balaban J connectivity index is 2.40. The summed E-state index contributed by atoms with van der Waals surface area (Å²) in [7, 11) is 1.22. The molecule has 3 N–H and O–H groups in total. The number of rotatable bonds is 4. The highest BCUT2D eigenvalue weighted by Gasteiger charge is 2.24. The van der Waals surface area contributed by atoms with Gasteiger partial charge in [-0.1, -0.05) is 29.3 Å². The van der Waals surface area contributed by atoms with Gasteiger partial charge in [0.15, 0.2) is 6.04 Å².